The van der Waals surface area contributed by atoms with Gasteiger partial charge in [-0.3, -0.25) is 0 Å². The van der Waals surface area contributed by atoms with Crippen LogP contribution in [0.3, 0.4) is 0 Å². The van der Waals surface area contributed by atoms with Crippen molar-refractivity contribution in [2.45, 2.75) is 50.1 Å². The molecule has 148 valence electrons. The molecule has 0 aliphatic heterocycles. The highest BCUT2D eigenvalue weighted by atomic mass is 32.2. The molecule has 1 N–H and O–H groups in total. The summed E-state index contributed by atoms with van der Waals surface area (Å²) >= 11 is 0. The van der Waals surface area contributed by atoms with Gasteiger partial charge in [0.1, 0.15) is 0 Å². The molecule has 0 saturated heterocycles. The van der Waals surface area contributed by atoms with Crippen molar-refractivity contribution in [1.29, 1.82) is 0 Å². The molecule has 0 saturated carbocycles. The Hall–Kier alpha value is -1.86. The van der Waals surface area contributed by atoms with E-state index in [0.717, 1.165) is 24.1 Å². The lowest BCUT2D eigenvalue weighted by atomic mass is 9.82. The van der Waals surface area contributed by atoms with Crippen LogP contribution in [0.1, 0.15) is 43.9 Å². The Morgan fingerprint density at radius 2 is 1.59 bits per heavy atom. The van der Waals surface area contributed by atoms with E-state index in [2.05, 4.69) is 25.5 Å². The lowest BCUT2D eigenvalue weighted by molar-refractivity contribution is -0.137. The maximum atomic E-state index is 12.7. The van der Waals surface area contributed by atoms with Crippen LogP contribution >= 0.6 is 0 Å². The van der Waals surface area contributed by atoms with Crippen LogP contribution in [0.25, 0.3) is 0 Å². The summed E-state index contributed by atoms with van der Waals surface area (Å²) in [6.45, 7) is 6.26. The molecule has 2 aromatic carbocycles. The minimum absolute atomic E-state index is 0.0197. The highest BCUT2D eigenvalue weighted by Gasteiger charge is 2.30. The van der Waals surface area contributed by atoms with Crippen LogP contribution in [0.2, 0.25) is 0 Å². The Balaban J connectivity index is 2.03. The zero-order chi connectivity index (χ0) is 20.3. The molecule has 0 spiro atoms. The van der Waals surface area contributed by atoms with Crippen LogP contribution in [-0.2, 0) is 28.0 Å². The first kappa shape index (κ1) is 21.4. The maximum Gasteiger partial charge on any atom is 0.416 e. The average Bonchev–Trinajstić information content (AvgIpc) is 2.61. The van der Waals surface area contributed by atoms with Gasteiger partial charge in [0.2, 0.25) is 10.0 Å². The Morgan fingerprint density at radius 3 is 2.15 bits per heavy atom. The molecule has 0 bridgehead atoms. The predicted molar refractivity (Wildman–Crippen MR) is 100 cm³/mol. The van der Waals surface area contributed by atoms with Gasteiger partial charge in [-0.15, -0.1) is 0 Å². The van der Waals surface area contributed by atoms with E-state index in [-0.39, 0.29) is 23.3 Å². The van der Waals surface area contributed by atoms with Crippen LogP contribution in [0.15, 0.2) is 53.4 Å². The molecule has 2 aromatic rings. The molecule has 0 aliphatic carbocycles. The molecule has 0 atom stereocenters. The minimum atomic E-state index is -4.41. The lowest BCUT2D eigenvalue weighted by Crippen LogP contribution is -2.26. The Labute approximate surface area is 158 Å². The van der Waals surface area contributed by atoms with Crippen molar-refractivity contribution in [3.05, 3.63) is 65.2 Å². The topological polar surface area (TPSA) is 46.2 Å². The summed E-state index contributed by atoms with van der Waals surface area (Å²) in [7, 11) is -3.71. The summed E-state index contributed by atoms with van der Waals surface area (Å²) in [6.07, 6.45) is -3.32. The zero-order valence-corrected chi connectivity index (χ0v) is 16.4. The number of halogens is 3. The molecule has 0 amide bonds. The fourth-order valence-electron chi connectivity index (χ4n) is 2.61. The average molecular weight is 399 g/mol. The fraction of sp³-hybridized carbons (Fsp3) is 0.400. The molecule has 2 rings (SSSR count). The van der Waals surface area contributed by atoms with Crippen LogP contribution in [-0.4, -0.2) is 15.0 Å². The predicted octanol–water partition coefficient (Wildman–Crippen LogP) is 4.91. The number of benzene rings is 2. The van der Waals surface area contributed by atoms with Gasteiger partial charge in [-0.05, 0) is 47.6 Å². The van der Waals surface area contributed by atoms with Crippen molar-refractivity contribution in [2.75, 3.05) is 6.54 Å². The van der Waals surface area contributed by atoms with Crippen molar-refractivity contribution in [3.8, 4) is 0 Å². The Bertz CT molecular complexity index is 873. The lowest BCUT2D eigenvalue weighted by Gasteiger charge is -2.23. The SMILES string of the molecule is CCC(C)(C)c1ccc(S(=O)(=O)NCCc2cccc(C(F)(F)F)c2)cc1. The van der Waals surface area contributed by atoms with Crippen LogP contribution < -0.4 is 4.72 Å². The van der Waals surface area contributed by atoms with Crippen molar-refractivity contribution in [2.24, 2.45) is 0 Å². The molecule has 3 nitrogen and oxygen atoms in total. The molecule has 27 heavy (non-hydrogen) atoms. The standard InChI is InChI=1S/C20H24F3NO2S/c1-4-19(2,3)16-8-10-18(11-9-16)27(25,26)24-13-12-15-6-5-7-17(14-15)20(21,22)23/h5-11,14,24H,4,12-13H2,1-3H3. The first-order chi connectivity index (χ1) is 12.5. The van der Waals surface area contributed by atoms with Gasteiger partial charge in [-0.1, -0.05) is 51.1 Å². The Morgan fingerprint density at radius 1 is 0.963 bits per heavy atom. The monoisotopic (exact) mass is 399 g/mol. The third-order valence-corrected chi connectivity index (χ3v) is 6.27. The second-order valence-corrected chi connectivity index (χ2v) is 8.87. The van der Waals surface area contributed by atoms with Crippen molar-refractivity contribution < 1.29 is 21.6 Å². The van der Waals surface area contributed by atoms with Crippen molar-refractivity contribution in [1.82, 2.24) is 4.72 Å². The smallest absolute Gasteiger partial charge is 0.211 e. The molecule has 0 unspecified atom stereocenters. The molecule has 0 fully saturated rings. The third kappa shape index (κ3) is 5.56. The number of nitrogens with one attached hydrogen (secondary N) is 1. The second-order valence-electron chi connectivity index (χ2n) is 7.11. The number of hydrogen-bond donors (Lipinski definition) is 1. The van der Waals surface area contributed by atoms with E-state index in [1.165, 1.54) is 6.07 Å². The normalized spacial score (nSPS) is 13.0. The number of rotatable bonds is 7. The Kier molecular flexibility index (Phi) is 6.37. The van der Waals surface area contributed by atoms with Crippen molar-refractivity contribution >= 4 is 10.0 Å². The minimum Gasteiger partial charge on any atom is -0.211 e. The van der Waals surface area contributed by atoms with Gasteiger partial charge in [0.05, 0.1) is 10.5 Å². The summed E-state index contributed by atoms with van der Waals surface area (Å²) in [5, 5.41) is 0. The van der Waals surface area contributed by atoms with E-state index in [4.69, 9.17) is 0 Å². The molecule has 0 aromatic heterocycles. The second kappa shape index (κ2) is 8.02. The number of hydrogen-bond acceptors (Lipinski definition) is 2. The first-order valence-corrected chi connectivity index (χ1v) is 10.2. The summed E-state index contributed by atoms with van der Waals surface area (Å²) in [4.78, 5) is 0.141. The highest BCUT2D eigenvalue weighted by Crippen LogP contribution is 2.30. The molecule has 0 heterocycles. The molecular formula is C20H24F3NO2S. The molecule has 7 heteroatoms. The van der Waals surface area contributed by atoms with E-state index in [1.807, 2.05) is 0 Å². The van der Waals surface area contributed by atoms with Gasteiger partial charge >= 0.3 is 6.18 Å². The van der Waals surface area contributed by atoms with Crippen molar-refractivity contribution in [3.63, 3.8) is 0 Å². The first-order valence-electron chi connectivity index (χ1n) is 8.72. The van der Waals surface area contributed by atoms with E-state index >= 15 is 0 Å². The quantitative estimate of drug-likeness (QED) is 0.719. The summed E-state index contributed by atoms with van der Waals surface area (Å²) in [5.41, 5.74) is 0.691. The third-order valence-electron chi connectivity index (χ3n) is 4.79. The summed E-state index contributed by atoms with van der Waals surface area (Å²) in [5.74, 6) is 0. The maximum absolute atomic E-state index is 12.7. The van der Waals surface area contributed by atoms with E-state index in [9.17, 15) is 21.6 Å². The fourth-order valence-corrected chi connectivity index (χ4v) is 3.64. The van der Waals surface area contributed by atoms with Gasteiger partial charge in [-0.2, -0.15) is 13.2 Å². The van der Waals surface area contributed by atoms with Crippen LogP contribution in [0.4, 0.5) is 13.2 Å². The van der Waals surface area contributed by atoms with Crippen LogP contribution in [0, 0.1) is 0 Å². The van der Waals surface area contributed by atoms with E-state index in [0.29, 0.717) is 5.56 Å². The van der Waals surface area contributed by atoms with Gasteiger partial charge in [0.15, 0.2) is 0 Å². The van der Waals surface area contributed by atoms with Gasteiger partial charge < -0.3 is 0 Å². The molecule has 0 aliphatic rings. The largest absolute Gasteiger partial charge is 0.416 e. The van der Waals surface area contributed by atoms with Crippen LogP contribution in [0.5, 0.6) is 0 Å². The van der Waals surface area contributed by atoms with Gasteiger partial charge in [0.25, 0.3) is 0 Å². The number of alkyl halides is 3. The zero-order valence-electron chi connectivity index (χ0n) is 15.6. The molecule has 0 radical (unpaired) electrons. The van der Waals surface area contributed by atoms with Gasteiger partial charge in [0, 0.05) is 6.54 Å². The van der Waals surface area contributed by atoms with E-state index in [1.54, 1.807) is 30.3 Å². The molecular weight excluding hydrogens is 375 g/mol. The summed E-state index contributed by atoms with van der Waals surface area (Å²) < 4.78 is 65.4. The number of sulfonamides is 1. The van der Waals surface area contributed by atoms with E-state index < -0.39 is 21.8 Å². The van der Waals surface area contributed by atoms with Gasteiger partial charge in [-0.25, -0.2) is 13.1 Å². The highest BCUT2D eigenvalue weighted by molar-refractivity contribution is 7.89. The summed E-state index contributed by atoms with van der Waals surface area (Å²) in [6, 6.07) is 11.6.